The summed E-state index contributed by atoms with van der Waals surface area (Å²) in [5.41, 5.74) is 4.81. The highest BCUT2D eigenvalue weighted by Crippen LogP contribution is 2.33. The maximum absolute atomic E-state index is 14.0. The van der Waals surface area contributed by atoms with Crippen molar-refractivity contribution in [2.75, 3.05) is 26.2 Å². The summed E-state index contributed by atoms with van der Waals surface area (Å²) in [4.78, 5) is 25.6. The summed E-state index contributed by atoms with van der Waals surface area (Å²) in [6.45, 7) is 4.99. The predicted molar refractivity (Wildman–Crippen MR) is 157 cm³/mol. The number of carbonyl (C=O) groups is 1. The number of halogens is 1. The van der Waals surface area contributed by atoms with Gasteiger partial charge in [0.1, 0.15) is 0 Å². The number of aryl methyl sites for hydroxylation is 1. The fourth-order valence-electron chi connectivity index (χ4n) is 5.31. The monoisotopic (exact) mass is 537 g/mol. The molecule has 1 aliphatic heterocycles. The van der Waals surface area contributed by atoms with E-state index >= 15 is 0 Å². The van der Waals surface area contributed by atoms with Gasteiger partial charge in [-0.25, -0.2) is 4.98 Å². The predicted octanol–water partition coefficient (Wildman–Crippen LogP) is 7.47. The molecule has 0 spiro atoms. The van der Waals surface area contributed by atoms with Gasteiger partial charge in [-0.05, 0) is 54.4 Å². The Labute approximate surface area is 232 Å². The number of carbonyl (C=O) groups excluding carboxylic acids is 1. The lowest BCUT2D eigenvalue weighted by molar-refractivity contribution is 0.0599. The number of pyridine rings is 1. The third-order valence-electron chi connectivity index (χ3n) is 7.19. The first kappa shape index (κ1) is 24.8. The van der Waals surface area contributed by atoms with Crippen LogP contribution in [0.4, 0.5) is 0 Å². The Hall–Kier alpha value is -3.51. The van der Waals surface area contributed by atoms with Crippen molar-refractivity contribution >= 4 is 39.7 Å². The number of aromatic nitrogens is 1. The molecule has 0 unspecified atom stereocenters. The van der Waals surface area contributed by atoms with Crippen LogP contribution < -0.4 is 0 Å². The molecule has 0 N–H and O–H groups in total. The topological polar surface area (TPSA) is 36.4 Å². The van der Waals surface area contributed by atoms with E-state index in [-0.39, 0.29) is 11.9 Å². The van der Waals surface area contributed by atoms with E-state index in [4.69, 9.17) is 16.6 Å². The van der Waals surface area contributed by atoms with Crippen LogP contribution in [0.1, 0.15) is 32.4 Å². The minimum absolute atomic E-state index is 0.0322. The molecule has 6 heteroatoms. The van der Waals surface area contributed by atoms with Crippen LogP contribution in [0, 0.1) is 6.92 Å². The molecule has 0 atom stereocenters. The van der Waals surface area contributed by atoms with Gasteiger partial charge >= 0.3 is 0 Å². The van der Waals surface area contributed by atoms with Crippen LogP contribution in [-0.4, -0.2) is 46.9 Å². The normalized spacial score (nSPS) is 14.3. The second kappa shape index (κ2) is 10.7. The third kappa shape index (κ3) is 4.97. The number of fused-ring (bicyclic) bond motifs is 1. The van der Waals surface area contributed by atoms with E-state index in [2.05, 4.69) is 84.6 Å². The molecule has 3 aromatic carbocycles. The first-order chi connectivity index (χ1) is 18.6. The lowest BCUT2D eigenvalue weighted by Crippen LogP contribution is -2.49. The fourth-order valence-corrected chi connectivity index (χ4v) is 6.31. The molecule has 0 aliphatic carbocycles. The number of hydrogen-bond donors (Lipinski definition) is 0. The van der Waals surface area contributed by atoms with Gasteiger partial charge in [-0.1, -0.05) is 72.3 Å². The lowest BCUT2D eigenvalue weighted by atomic mass is 9.96. The summed E-state index contributed by atoms with van der Waals surface area (Å²) in [5.74, 6) is 0.0322. The molecular formula is C32H28ClN3OS. The zero-order valence-electron chi connectivity index (χ0n) is 21.2. The third-order valence-corrected chi connectivity index (χ3v) is 8.45. The summed E-state index contributed by atoms with van der Waals surface area (Å²) >= 11 is 8.04. The van der Waals surface area contributed by atoms with Crippen molar-refractivity contribution in [3.05, 3.63) is 124 Å². The summed E-state index contributed by atoms with van der Waals surface area (Å²) in [6.07, 6.45) is 0. The molecule has 1 fully saturated rings. The minimum atomic E-state index is 0.0322. The Kier molecular flexibility index (Phi) is 6.98. The molecular weight excluding hydrogens is 510 g/mol. The second-order valence-electron chi connectivity index (χ2n) is 9.68. The van der Waals surface area contributed by atoms with Gasteiger partial charge in [0.15, 0.2) is 0 Å². The molecule has 1 aliphatic rings. The second-order valence-corrected chi connectivity index (χ2v) is 11.4. The maximum Gasteiger partial charge on any atom is 0.254 e. The Morgan fingerprint density at radius 1 is 0.842 bits per heavy atom. The fraction of sp³-hybridized carbons (Fsp3) is 0.188. The van der Waals surface area contributed by atoms with Crippen molar-refractivity contribution in [2.24, 2.45) is 0 Å². The van der Waals surface area contributed by atoms with Gasteiger partial charge in [-0.2, -0.15) is 0 Å². The molecule has 6 rings (SSSR count). The van der Waals surface area contributed by atoms with E-state index in [9.17, 15) is 4.79 Å². The quantitative estimate of drug-likeness (QED) is 0.233. The first-order valence-electron chi connectivity index (χ1n) is 12.9. The molecule has 1 saturated heterocycles. The molecule has 2 aromatic heterocycles. The highest BCUT2D eigenvalue weighted by molar-refractivity contribution is 7.15. The van der Waals surface area contributed by atoms with E-state index < -0.39 is 0 Å². The standard InChI is InChI=1S/C32H28ClN3OS/c1-22-12-15-30(38-22)29-21-27(26-20-25(33)13-14-28(26)34-29)32(37)36-18-16-35(17-19-36)31(23-8-4-2-5-9-23)24-10-6-3-7-11-24/h2-15,20-21,31H,16-19H2,1H3. The molecule has 5 aromatic rings. The number of hydrogen-bond acceptors (Lipinski definition) is 4. The van der Waals surface area contributed by atoms with E-state index in [0.29, 0.717) is 23.7 Å². The summed E-state index contributed by atoms with van der Waals surface area (Å²) in [7, 11) is 0. The van der Waals surface area contributed by atoms with E-state index in [1.54, 1.807) is 11.3 Å². The van der Waals surface area contributed by atoms with Gasteiger partial charge < -0.3 is 4.90 Å². The smallest absolute Gasteiger partial charge is 0.254 e. The molecule has 4 nitrogen and oxygen atoms in total. The molecule has 0 bridgehead atoms. The zero-order chi connectivity index (χ0) is 26.1. The van der Waals surface area contributed by atoms with E-state index in [1.807, 2.05) is 29.2 Å². The Morgan fingerprint density at radius 2 is 1.50 bits per heavy atom. The number of nitrogens with zero attached hydrogens (tertiary/aromatic N) is 3. The van der Waals surface area contributed by atoms with Gasteiger partial charge in [0.2, 0.25) is 0 Å². The van der Waals surface area contributed by atoms with Crippen LogP contribution >= 0.6 is 22.9 Å². The largest absolute Gasteiger partial charge is 0.336 e. The van der Waals surface area contributed by atoms with E-state index in [0.717, 1.165) is 34.6 Å². The summed E-state index contributed by atoms with van der Waals surface area (Å²) in [5, 5.41) is 1.40. The SMILES string of the molecule is Cc1ccc(-c2cc(C(=O)N3CCN(C(c4ccccc4)c4ccccc4)CC3)c3cc(Cl)ccc3n2)s1. The maximum atomic E-state index is 14.0. The van der Waals surface area contributed by atoms with Crippen molar-refractivity contribution in [2.45, 2.75) is 13.0 Å². The van der Waals surface area contributed by atoms with Gasteiger partial charge in [-0.15, -0.1) is 11.3 Å². The molecule has 38 heavy (non-hydrogen) atoms. The van der Waals surface area contributed by atoms with Crippen molar-refractivity contribution in [1.82, 2.24) is 14.8 Å². The number of thiophene rings is 1. The Morgan fingerprint density at radius 3 is 2.11 bits per heavy atom. The Bertz CT molecular complexity index is 1540. The van der Waals surface area contributed by atoms with Gasteiger partial charge in [0.25, 0.3) is 5.91 Å². The van der Waals surface area contributed by atoms with Gasteiger partial charge in [0.05, 0.1) is 27.7 Å². The van der Waals surface area contributed by atoms with Crippen LogP contribution in [0.5, 0.6) is 0 Å². The molecule has 1 amide bonds. The molecule has 190 valence electrons. The number of rotatable bonds is 5. The minimum Gasteiger partial charge on any atom is -0.336 e. The summed E-state index contributed by atoms with van der Waals surface area (Å²) in [6, 6.07) is 33.1. The van der Waals surface area contributed by atoms with Crippen LogP contribution in [0.2, 0.25) is 5.02 Å². The van der Waals surface area contributed by atoms with Crippen LogP contribution in [0.15, 0.2) is 97.1 Å². The van der Waals surface area contributed by atoms with Crippen LogP contribution in [-0.2, 0) is 0 Å². The first-order valence-corrected chi connectivity index (χ1v) is 14.1. The van der Waals surface area contributed by atoms with Crippen LogP contribution in [0.25, 0.3) is 21.5 Å². The van der Waals surface area contributed by atoms with Crippen molar-refractivity contribution in [3.63, 3.8) is 0 Å². The van der Waals surface area contributed by atoms with Gasteiger partial charge in [-0.3, -0.25) is 9.69 Å². The highest BCUT2D eigenvalue weighted by Gasteiger charge is 2.29. The van der Waals surface area contributed by atoms with Crippen molar-refractivity contribution in [1.29, 1.82) is 0 Å². The average Bonchev–Trinajstić information content (AvgIpc) is 3.40. The zero-order valence-corrected chi connectivity index (χ0v) is 22.8. The van der Waals surface area contributed by atoms with Gasteiger partial charge in [0, 0.05) is 41.5 Å². The van der Waals surface area contributed by atoms with Crippen LogP contribution in [0.3, 0.4) is 0 Å². The summed E-state index contributed by atoms with van der Waals surface area (Å²) < 4.78 is 0. The number of amides is 1. The number of benzene rings is 3. The van der Waals surface area contributed by atoms with E-state index in [1.165, 1.54) is 16.0 Å². The lowest BCUT2D eigenvalue weighted by Gasteiger charge is -2.40. The number of piperazine rings is 1. The van der Waals surface area contributed by atoms with Crippen molar-refractivity contribution in [3.8, 4) is 10.6 Å². The molecule has 3 heterocycles. The molecule has 0 saturated carbocycles. The highest BCUT2D eigenvalue weighted by atomic mass is 35.5. The Balaban J connectivity index is 1.29. The average molecular weight is 538 g/mol. The van der Waals surface area contributed by atoms with Crippen molar-refractivity contribution < 1.29 is 4.79 Å². The molecule has 0 radical (unpaired) electrons.